The van der Waals surface area contributed by atoms with E-state index in [1.165, 1.54) is 93.3 Å². The third-order valence-electron chi connectivity index (χ3n) is 13.3. The molecule has 0 N–H and O–H groups in total. The predicted molar refractivity (Wildman–Crippen MR) is 258 cm³/mol. The van der Waals surface area contributed by atoms with Crippen LogP contribution in [0, 0.1) is 24.2 Å². The highest BCUT2D eigenvalue weighted by molar-refractivity contribution is 7.32. The molecule has 300 valence electrons. The second-order valence-corrected chi connectivity index (χ2v) is 22.9. The molecule has 0 saturated carbocycles. The summed E-state index contributed by atoms with van der Waals surface area (Å²) >= 11 is 2.00. The molecule has 1 aromatic heterocycles. The zero-order chi connectivity index (χ0) is 42.0. The molecule has 5 aromatic rings. The Morgan fingerprint density at radius 3 is 1.62 bits per heavy atom. The average molecular weight is 785 g/mol. The number of hydrogen-bond donors (Lipinski definition) is 0. The monoisotopic (exact) mass is 784 g/mol. The number of hydrogen-bond acceptors (Lipinski definition) is 3. The van der Waals surface area contributed by atoms with Crippen LogP contribution in [0.1, 0.15) is 126 Å². The fraction of sp³-hybridized carbons (Fsp3) is 0.407. The van der Waals surface area contributed by atoms with Crippen molar-refractivity contribution in [1.82, 2.24) is 0 Å². The minimum Gasteiger partial charge on any atom is -0.311 e. The van der Waals surface area contributed by atoms with Crippen LogP contribution in [0.15, 0.2) is 113 Å². The van der Waals surface area contributed by atoms with Gasteiger partial charge in [-0.3, -0.25) is 0 Å². The summed E-state index contributed by atoms with van der Waals surface area (Å²) in [5, 5.41) is 1.35. The van der Waals surface area contributed by atoms with Crippen LogP contribution < -0.4 is 20.0 Å². The molecule has 3 aliphatic rings. The number of thiophene rings is 1. The third-order valence-corrected chi connectivity index (χ3v) is 14.6. The van der Waals surface area contributed by atoms with E-state index in [0.29, 0.717) is 11.8 Å². The summed E-state index contributed by atoms with van der Waals surface area (Å²) in [4.78, 5) is 5.29. The van der Waals surface area contributed by atoms with Gasteiger partial charge in [0.1, 0.15) is 0 Å². The number of allylic oxidation sites excluding steroid dienone is 5. The van der Waals surface area contributed by atoms with Gasteiger partial charge in [-0.1, -0.05) is 138 Å². The van der Waals surface area contributed by atoms with Crippen molar-refractivity contribution in [2.75, 3.05) is 9.80 Å². The van der Waals surface area contributed by atoms with E-state index in [0.717, 1.165) is 0 Å². The first kappa shape index (κ1) is 40.5. The number of anilines is 5. The highest BCUT2D eigenvalue weighted by Crippen LogP contribution is 2.53. The van der Waals surface area contributed by atoms with E-state index in [1.807, 2.05) is 11.3 Å². The van der Waals surface area contributed by atoms with Gasteiger partial charge in [0, 0.05) is 43.3 Å². The first-order chi connectivity index (χ1) is 27.0. The van der Waals surface area contributed by atoms with Gasteiger partial charge in [-0.2, -0.15) is 0 Å². The van der Waals surface area contributed by atoms with Crippen molar-refractivity contribution in [3.8, 4) is 0 Å². The van der Waals surface area contributed by atoms with Crippen molar-refractivity contribution in [3.63, 3.8) is 0 Å². The van der Waals surface area contributed by atoms with E-state index in [2.05, 4.69) is 212 Å². The smallest absolute Gasteiger partial charge is 0.259 e. The molecule has 2 unspecified atom stereocenters. The van der Waals surface area contributed by atoms with E-state index >= 15 is 0 Å². The van der Waals surface area contributed by atoms with Crippen molar-refractivity contribution < 1.29 is 0 Å². The van der Waals surface area contributed by atoms with Crippen molar-refractivity contribution in [2.45, 2.75) is 127 Å². The van der Waals surface area contributed by atoms with Crippen molar-refractivity contribution in [3.05, 3.63) is 136 Å². The van der Waals surface area contributed by atoms with Crippen LogP contribution >= 0.6 is 11.3 Å². The number of fused-ring (bicyclic) bond motifs is 4. The number of nitrogens with zero attached hydrogens (tertiary/aromatic N) is 2. The quantitative estimate of drug-likeness (QED) is 0.168. The van der Waals surface area contributed by atoms with Crippen LogP contribution in [-0.2, 0) is 16.2 Å². The lowest BCUT2D eigenvalue weighted by atomic mass is 9.35. The van der Waals surface area contributed by atoms with E-state index in [9.17, 15) is 0 Å². The predicted octanol–water partition coefficient (Wildman–Crippen LogP) is 14.6. The van der Waals surface area contributed by atoms with Gasteiger partial charge < -0.3 is 9.80 Å². The lowest BCUT2D eigenvalue weighted by molar-refractivity contribution is 0.237. The Kier molecular flexibility index (Phi) is 9.52. The Balaban J connectivity index is 1.48. The molecule has 0 fully saturated rings. The fourth-order valence-corrected chi connectivity index (χ4v) is 11.4. The SMILES string of the molecule is CC1=C(C2=C(C)B3c4sc5ccc(C(C)(C)C)cc5c4N(c4ccc(C(C)(C)C)cc4)c4cc(C)cc(c43)N2c2ccc(C(C)(C)C)cc2)C(C)C(C(C)(C)C)C=C1. The maximum atomic E-state index is 2.66. The molecule has 2 nitrogen and oxygen atoms in total. The van der Waals surface area contributed by atoms with E-state index < -0.39 is 0 Å². The van der Waals surface area contributed by atoms with Crippen molar-refractivity contribution in [2.24, 2.45) is 17.3 Å². The molecule has 1 aliphatic carbocycles. The Bertz CT molecular complexity index is 2530. The van der Waals surface area contributed by atoms with Gasteiger partial charge in [0.2, 0.25) is 0 Å². The normalized spacial score (nSPS) is 18.7. The van der Waals surface area contributed by atoms with Gasteiger partial charge in [-0.15, -0.1) is 11.3 Å². The Morgan fingerprint density at radius 1 is 0.603 bits per heavy atom. The van der Waals surface area contributed by atoms with E-state index in [4.69, 9.17) is 0 Å². The molecule has 4 aromatic carbocycles. The molecule has 0 amide bonds. The number of rotatable bonds is 3. The summed E-state index contributed by atoms with van der Waals surface area (Å²) in [6.07, 6.45) is 4.91. The average Bonchev–Trinajstić information content (AvgIpc) is 3.50. The summed E-state index contributed by atoms with van der Waals surface area (Å²) in [6, 6.07) is 31.1. The fourth-order valence-electron chi connectivity index (χ4n) is 10.1. The molecule has 2 aliphatic heterocycles. The van der Waals surface area contributed by atoms with Gasteiger partial charge in [0.15, 0.2) is 0 Å². The molecule has 2 atom stereocenters. The molecule has 0 bridgehead atoms. The van der Waals surface area contributed by atoms with E-state index in [1.54, 1.807) is 0 Å². The summed E-state index contributed by atoms with van der Waals surface area (Å²) in [5.74, 6) is 0.759. The van der Waals surface area contributed by atoms with Crippen LogP contribution in [0.4, 0.5) is 28.4 Å². The summed E-state index contributed by atoms with van der Waals surface area (Å²) in [5.41, 5.74) is 19.1. The minimum atomic E-state index is 0.0353. The van der Waals surface area contributed by atoms with Gasteiger partial charge in [0.25, 0.3) is 6.71 Å². The molecule has 8 rings (SSSR count). The Hall–Kier alpha value is -4.28. The molecular formula is C54H65BN2S. The van der Waals surface area contributed by atoms with Crippen LogP contribution in [0.2, 0.25) is 0 Å². The van der Waals surface area contributed by atoms with Crippen LogP contribution in [0.25, 0.3) is 10.1 Å². The zero-order valence-corrected chi connectivity index (χ0v) is 39.0. The lowest BCUT2D eigenvalue weighted by Gasteiger charge is -2.47. The second kappa shape index (κ2) is 13.6. The highest BCUT2D eigenvalue weighted by atomic mass is 32.1. The topological polar surface area (TPSA) is 6.48 Å². The van der Waals surface area contributed by atoms with Gasteiger partial charge in [-0.05, 0) is 142 Å². The molecular weight excluding hydrogens is 719 g/mol. The van der Waals surface area contributed by atoms with Gasteiger partial charge in [0.05, 0.1) is 5.69 Å². The van der Waals surface area contributed by atoms with Crippen LogP contribution in [-0.4, -0.2) is 6.71 Å². The van der Waals surface area contributed by atoms with Crippen LogP contribution in [0.5, 0.6) is 0 Å². The Morgan fingerprint density at radius 2 is 1.10 bits per heavy atom. The standard InChI is InChI=1S/C54H65BN2S/c1-32-29-43-47-44(30-32)57(40-25-20-37(21-26-40)52(8,9)10)49-41-31-38(53(11,12)13)22-28-45(41)58-50(49)55(47)35(4)48(46-33(2)17-27-42(34(46)3)54(14,15)16)56(43)39-23-18-36(19-24-39)51(5,6)7/h17-31,34,42H,1-16H3. The van der Waals surface area contributed by atoms with Gasteiger partial charge in [-0.25, -0.2) is 0 Å². The van der Waals surface area contributed by atoms with Crippen molar-refractivity contribution in [1.29, 1.82) is 0 Å². The summed E-state index contributed by atoms with van der Waals surface area (Å²) in [6.45, 7) is 37.8. The Labute approximate surface area is 354 Å². The summed E-state index contributed by atoms with van der Waals surface area (Å²) < 4.78 is 2.80. The molecule has 0 saturated heterocycles. The van der Waals surface area contributed by atoms with Crippen LogP contribution in [0.3, 0.4) is 0 Å². The first-order valence-electron chi connectivity index (χ1n) is 21.6. The minimum absolute atomic E-state index is 0.0353. The highest BCUT2D eigenvalue weighted by Gasteiger charge is 2.47. The molecule has 4 heteroatoms. The maximum Gasteiger partial charge on any atom is 0.259 e. The number of benzene rings is 4. The molecule has 0 spiro atoms. The van der Waals surface area contributed by atoms with Crippen molar-refractivity contribution >= 4 is 66.8 Å². The molecule has 3 heterocycles. The number of aryl methyl sites for hydroxylation is 1. The van der Waals surface area contributed by atoms with Gasteiger partial charge >= 0.3 is 0 Å². The maximum absolute atomic E-state index is 2.66. The summed E-state index contributed by atoms with van der Waals surface area (Å²) in [7, 11) is 0. The zero-order valence-electron chi connectivity index (χ0n) is 38.2. The largest absolute Gasteiger partial charge is 0.311 e. The van der Waals surface area contributed by atoms with E-state index in [-0.39, 0.29) is 28.4 Å². The lowest BCUT2D eigenvalue weighted by Crippen LogP contribution is -2.55. The first-order valence-corrected chi connectivity index (χ1v) is 22.4. The second-order valence-electron chi connectivity index (χ2n) is 21.9. The molecule has 0 radical (unpaired) electrons. The molecule has 58 heavy (non-hydrogen) atoms. The third kappa shape index (κ3) is 6.63.